The number of furan rings is 1. The lowest BCUT2D eigenvalue weighted by molar-refractivity contribution is -0.121. The molecule has 2 aromatic heterocycles. The Kier molecular flexibility index (Phi) is 5.29. The highest BCUT2D eigenvalue weighted by Gasteiger charge is 2.30. The van der Waals surface area contributed by atoms with E-state index in [4.69, 9.17) is 9.40 Å². The Bertz CT molecular complexity index is 1210. The van der Waals surface area contributed by atoms with Crippen molar-refractivity contribution in [2.75, 3.05) is 13.6 Å². The van der Waals surface area contributed by atoms with Gasteiger partial charge in [-0.05, 0) is 67.0 Å². The summed E-state index contributed by atoms with van der Waals surface area (Å²) in [5.41, 5.74) is 4.33. The van der Waals surface area contributed by atoms with E-state index in [9.17, 15) is 9.59 Å². The maximum atomic E-state index is 13.7. The van der Waals surface area contributed by atoms with Crippen molar-refractivity contribution in [2.24, 2.45) is 5.92 Å². The smallest absolute Gasteiger partial charge is 0.255 e. The Morgan fingerprint density at radius 1 is 1.19 bits per heavy atom. The number of allylic oxidation sites excluding steroid dienone is 1. The zero-order valence-corrected chi connectivity index (χ0v) is 18.4. The van der Waals surface area contributed by atoms with Crippen molar-refractivity contribution < 1.29 is 14.0 Å². The summed E-state index contributed by atoms with van der Waals surface area (Å²) in [6.45, 7) is 2.24. The van der Waals surface area contributed by atoms with E-state index in [1.807, 2.05) is 42.5 Å². The van der Waals surface area contributed by atoms with Crippen molar-refractivity contribution in [3.8, 4) is 0 Å². The third-order valence-corrected chi connectivity index (χ3v) is 6.16. The molecule has 0 bridgehead atoms. The molecule has 5 rings (SSSR count). The van der Waals surface area contributed by atoms with E-state index in [1.54, 1.807) is 13.3 Å². The molecule has 2 heterocycles. The largest absolute Gasteiger partial charge is 0.465 e. The van der Waals surface area contributed by atoms with E-state index >= 15 is 0 Å². The summed E-state index contributed by atoms with van der Waals surface area (Å²) in [6.07, 6.45) is 7.36. The Hall–Kier alpha value is -3.41. The van der Waals surface area contributed by atoms with Crippen LogP contribution in [0.2, 0.25) is 0 Å². The maximum absolute atomic E-state index is 13.7. The minimum atomic E-state index is -0.141. The van der Waals surface area contributed by atoms with Gasteiger partial charge in [-0.3, -0.25) is 9.59 Å². The minimum absolute atomic E-state index is 0.0470. The summed E-state index contributed by atoms with van der Waals surface area (Å²) in [5.74, 6) is 0.887. The number of aromatic nitrogens is 1. The molecular formula is C26H27N3O3. The number of nitrogens with one attached hydrogen (secondary N) is 1. The van der Waals surface area contributed by atoms with E-state index in [2.05, 4.69) is 12.2 Å². The second kappa shape index (κ2) is 8.26. The first-order chi connectivity index (χ1) is 15.5. The van der Waals surface area contributed by atoms with Gasteiger partial charge >= 0.3 is 0 Å². The Labute approximate surface area is 187 Å². The molecule has 32 heavy (non-hydrogen) atoms. The molecule has 164 valence electrons. The van der Waals surface area contributed by atoms with Crippen molar-refractivity contribution in [1.82, 2.24) is 15.2 Å². The van der Waals surface area contributed by atoms with Crippen LogP contribution in [0.5, 0.6) is 0 Å². The SMILES string of the molecule is CC1C/C(=C/c2ccco2)c2nc3ccccc3c(C(=O)N(C)CC(=O)NC3CC3)c2C1. The molecule has 2 amide bonds. The second-order valence-electron chi connectivity index (χ2n) is 9.03. The molecule has 1 N–H and O–H groups in total. The second-order valence-corrected chi connectivity index (χ2v) is 9.03. The van der Waals surface area contributed by atoms with E-state index in [-0.39, 0.29) is 24.4 Å². The van der Waals surface area contributed by atoms with Crippen molar-refractivity contribution in [3.63, 3.8) is 0 Å². The number of benzene rings is 1. The fourth-order valence-corrected chi connectivity index (χ4v) is 4.50. The fourth-order valence-electron chi connectivity index (χ4n) is 4.50. The zero-order valence-electron chi connectivity index (χ0n) is 18.4. The molecule has 2 aliphatic rings. The Morgan fingerprint density at radius 3 is 2.75 bits per heavy atom. The molecular weight excluding hydrogens is 402 g/mol. The molecule has 1 unspecified atom stereocenters. The van der Waals surface area contributed by atoms with Crippen LogP contribution in [-0.4, -0.2) is 41.3 Å². The Morgan fingerprint density at radius 2 is 2.00 bits per heavy atom. The van der Waals surface area contributed by atoms with Crippen LogP contribution < -0.4 is 5.32 Å². The van der Waals surface area contributed by atoms with Gasteiger partial charge in [0.1, 0.15) is 5.76 Å². The fraction of sp³-hybridized carbons (Fsp3) is 0.346. The number of nitrogens with zero attached hydrogens (tertiary/aromatic N) is 2. The van der Waals surface area contributed by atoms with E-state index < -0.39 is 0 Å². The monoisotopic (exact) mass is 429 g/mol. The van der Waals surface area contributed by atoms with Crippen molar-refractivity contribution in [3.05, 3.63) is 65.2 Å². The number of hydrogen-bond donors (Lipinski definition) is 1. The molecule has 0 spiro atoms. The predicted molar refractivity (Wildman–Crippen MR) is 124 cm³/mol. The quantitative estimate of drug-likeness (QED) is 0.656. The van der Waals surface area contributed by atoms with Gasteiger partial charge in [-0.1, -0.05) is 25.1 Å². The van der Waals surface area contributed by atoms with E-state index in [0.717, 1.165) is 59.2 Å². The first-order valence-corrected chi connectivity index (χ1v) is 11.2. The molecule has 6 nitrogen and oxygen atoms in total. The topological polar surface area (TPSA) is 75.4 Å². The molecule has 1 saturated carbocycles. The molecule has 1 atom stereocenters. The van der Waals surface area contributed by atoms with Gasteiger partial charge in [-0.15, -0.1) is 0 Å². The van der Waals surface area contributed by atoms with Gasteiger partial charge in [-0.2, -0.15) is 0 Å². The molecule has 6 heteroatoms. The molecule has 0 aliphatic heterocycles. The predicted octanol–water partition coefficient (Wildman–Crippen LogP) is 4.30. The van der Waals surface area contributed by atoms with Crippen molar-refractivity contribution in [1.29, 1.82) is 0 Å². The van der Waals surface area contributed by atoms with Crippen LogP contribution in [0, 0.1) is 5.92 Å². The highest BCUT2D eigenvalue weighted by molar-refractivity contribution is 6.09. The van der Waals surface area contributed by atoms with Crippen LogP contribution in [0.3, 0.4) is 0 Å². The number of pyridine rings is 1. The number of hydrogen-bond acceptors (Lipinski definition) is 4. The van der Waals surface area contributed by atoms with Crippen molar-refractivity contribution >= 4 is 34.4 Å². The third-order valence-electron chi connectivity index (χ3n) is 6.16. The van der Waals surface area contributed by atoms with Gasteiger partial charge in [0.05, 0.1) is 29.6 Å². The highest BCUT2D eigenvalue weighted by atomic mass is 16.3. The zero-order chi connectivity index (χ0) is 22.2. The number of carbonyl (C=O) groups excluding carboxylic acids is 2. The van der Waals surface area contributed by atoms with Gasteiger partial charge in [0.25, 0.3) is 5.91 Å². The van der Waals surface area contributed by atoms with Gasteiger partial charge in [0.15, 0.2) is 0 Å². The van der Waals surface area contributed by atoms with Crippen molar-refractivity contribution in [2.45, 2.75) is 38.6 Å². The average Bonchev–Trinajstić information content (AvgIpc) is 3.43. The standard InChI is InChI=1S/C26H27N3O3/c1-16-12-17(14-19-6-5-11-32-19)25-21(13-16)24(20-7-3-4-8-22(20)28-25)26(31)29(2)15-23(30)27-18-9-10-18/h3-8,11,14,16,18H,9-10,12-13,15H2,1-2H3,(H,27,30)/b17-14-. The summed E-state index contributed by atoms with van der Waals surface area (Å²) in [6, 6.07) is 11.8. The molecule has 2 aliphatic carbocycles. The summed E-state index contributed by atoms with van der Waals surface area (Å²) >= 11 is 0. The van der Waals surface area contributed by atoms with Crippen LogP contribution in [0.15, 0.2) is 47.1 Å². The summed E-state index contributed by atoms with van der Waals surface area (Å²) < 4.78 is 5.55. The number of rotatable bonds is 5. The summed E-state index contributed by atoms with van der Waals surface area (Å²) in [7, 11) is 1.70. The number of likely N-dealkylation sites (N-methyl/N-ethyl adjacent to an activating group) is 1. The van der Waals surface area contributed by atoms with Gasteiger partial charge in [0.2, 0.25) is 5.91 Å². The molecule has 0 radical (unpaired) electrons. The molecule has 3 aromatic rings. The van der Waals surface area contributed by atoms with Crippen LogP contribution in [-0.2, 0) is 11.2 Å². The van der Waals surface area contributed by atoms with Gasteiger partial charge in [-0.25, -0.2) is 4.98 Å². The molecule has 0 saturated heterocycles. The summed E-state index contributed by atoms with van der Waals surface area (Å²) in [5, 5.41) is 3.80. The van der Waals surface area contributed by atoms with Crippen LogP contribution in [0.25, 0.3) is 22.6 Å². The lowest BCUT2D eigenvalue weighted by Crippen LogP contribution is -2.39. The third kappa shape index (κ3) is 4.05. The van der Waals surface area contributed by atoms with Crippen LogP contribution in [0.4, 0.5) is 0 Å². The highest BCUT2D eigenvalue weighted by Crippen LogP contribution is 2.38. The first kappa shape index (κ1) is 20.5. The van der Waals surface area contributed by atoms with E-state index in [1.165, 1.54) is 4.90 Å². The Balaban J connectivity index is 1.59. The number of carbonyl (C=O) groups is 2. The minimum Gasteiger partial charge on any atom is -0.465 e. The first-order valence-electron chi connectivity index (χ1n) is 11.2. The number of fused-ring (bicyclic) bond motifs is 2. The van der Waals surface area contributed by atoms with Gasteiger partial charge in [0, 0.05) is 18.5 Å². The van der Waals surface area contributed by atoms with Gasteiger partial charge < -0.3 is 14.6 Å². The molecule has 1 aromatic carbocycles. The molecule has 1 fully saturated rings. The maximum Gasteiger partial charge on any atom is 0.255 e. The van der Waals surface area contributed by atoms with Crippen LogP contribution >= 0.6 is 0 Å². The summed E-state index contributed by atoms with van der Waals surface area (Å²) in [4.78, 5) is 32.5. The lowest BCUT2D eigenvalue weighted by atomic mass is 9.80. The average molecular weight is 430 g/mol. The van der Waals surface area contributed by atoms with Crippen LogP contribution in [0.1, 0.15) is 53.6 Å². The number of amides is 2. The van der Waals surface area contributed by atoms with E-state index in [0.29, 0.717) is 11.5 Å². The number of para-hydroxylation sites is 1. The normalized spacial score (nSPS) is 19.1. The lowest BCUT2D eigenvalue weighted by Gasteiger charge is -2.28.